The third-order valence-electron chi connectivity index (χ3n) is 3.56. The van der Waals surface area contributed by atoms with Crippen LogP contribution in [0.5, 0.6) is 5.75 Å². The molecule has 0 aliphatic heterocycles. The van der Waals surface area contributed by atoms with E-state index in [-0.39, 0.29) is 16.6 Å². The molecule has 0 saturated heterocycles. The smallest absolute Gasteiger partial charge is 0.344 e. The van der Waals surface area contributed by atoms with Gasteiger partial charge in [-0.3, -0.25) is 4.55 Å². The van der Waals surface area contributed by atoms with Crippen LogP contribution in [0.15, 0.2) is 35.2 Å². The van der Waals surface area contributed by atoms with Crippen LogP contribution in [-0.4, -0.2) is 18.9 Å². The van der Waals surface area contributed by atoms with Crippen molar-refractivity contribution in [3.05, 3.63) is 54.2 Å². The van der Waals surface area contributed by atoms with Crippen LogP contribution in [0, 0.1) is 14.1 Å². The second kappa shape index (κ2) is 7.89. The Balaban J connectivity index is 2.46. The summed E-state index contributed by atoms with van der Waals surface area (Å²) in [6.45, 7) is 5.22. The molecular weight excluding hydrogens is 570 g/mol. The molecule has 0 bridgehead atoms. The molecule has 2 aromatic rings. The van der Waals surface area contributed by atoms with E-state index in [1.54, 1.807) is 26.8 Å². The van der Waals surface area contributed by atoms with Gasteiger partial charge in [0, 0.05) is 7.14 Å². The topological polar surface area (TPSA) is 80.7 Å². The Morgan fingerprint density at radius 3 is 2.32 bits per heavy atom. The van der Waals surface area contributed by atoms with E-state index in [2.05, 4.69) is 45.2 Å². The highest BCUT2D eigenvalue weighted by Crippen LogP contribution is 2.31. The number of halogens is 2. The Kier molecular flexibility index (Phi) is 6.50. The Labute approximate surface area is 174 Å². The van der Waals surface area contributed by atoms with Gasteiger partial charge in [0.25, 0.3) is 10.1 Å². The molecule has 0 radical (unpaired) electrons. The van der Waals surface area contributed by atoms with Gasteiger partial charge in [-0.05, 0) is 99.5 Å². The summed E-state index contributed by atoms with van der Waals surface area (Å²) in [6, 6.07) is 8.20. The molecule has 0 atom stereocenters. The molecule has 0 saturated carbocycles. The third-order valence-corrected chi connectivity index (χ3v) is 6.03. The van der Waals surface area contributed by atoms with Crippen LogP contribution in [0.25, 0.3) is 0 Å². The fourth-order valence-corrected chi connectivity index (χ4v) is 5.01. The first-order chi connectivity index (χ1) is 11.5. The van der Waals surface area contributed by atoms with Crippen LogP contribution in [0.2, 0.25) is 0 Å². The van der Waals surface area contributed by atoms with Crippen LogP contribution in [-0.2, 0) is 10.1 Å². The highest BCUT2D eigenvalue weighted by molar-refractivity contribution is 14.1. The maximum absolute atomic E-state index is 12.5. The highest BCUT2D eigenvalue weighted by Gasteiger charge is 2.22. The fourth-order valence-electron chi connectivity index (χ4n) is 2.27. The Bertz CT molecular complexity index is 936. The lowest BCUT2D eigenvalue weighted by Crippen LogP contribution is -2.13. The van der Waals surface area contributed by atoms with Gasteiger partial charge >= 0.3 is 5.97 Å². The van der Waals surface area contributed by atoms with Gasteiger partial charge in [-0.1, -0.05) is 13.8 Å². The second-order valence-electron chi connectivity index (χ2n) is 5.80. The van der Waals surface area contributed by atoms with Crippen molar-refractivity contribution in [1.29, 1.82) is 0 Å². The molecule has 0 amide bonds. The molecule has 0 heterocycles. The van der Waals surface area contributed by atoms with Crippen LogP contribution >= 0.6 is 45.2 Å². The number of benzene rings is 2. The van der Waals surface area contributed by atoms with Gasteiger partial charge < -0.3 is 4.74 Å². The molecule has 2 aromatic carbocycles. The first kappa shape index (κ1) is 20.6. The lowest BCUT2D eigenvalue weighted by atomic mass is 10.0. The molecule has 0 spiro atoms. The molecule has 25 heavy (non-hydrogen) atoms. The number of hydrogen-bond acceptors (Lipinski definition) is 4. The first-order valence-electron chi connectivity index (χ1n) is 7.30. The van der Waals surface area contributed by atoms with Gasteiger partial charge in [0.05, 0.1) is 10.5 Å². The maximum atomic E-state index is 12.5. The number of carbonyl (C=O) groups excluding carboxylic acids is 1. The predicted octanol–water partition coefficient (Wildman–Crippen LogP) is 4.79. The molecule has 0 aliphatic rings. The van der Waals surface area contributed by atoms with Crippen molar-refractivity contribution in [3.63, 3.8) is 0 Å². The van der Waals surface area contributed by atoms with Crippen molar-refractivity contribution in [2.24, 2.45) is 0 Å². The SMILES string of the molecule is Cc1cc(S(=O)(=O)O)c(C(C)C)cc1OC(=O)c1ccc(I)cc1I. The van der Waals surface area contributed by atoms with Crippen molar-refractivity contribution in [2.45, 2.75) is 31.6 Å². The highest BCUT2D eigenvalue weighted by atomic mass is 127. The van der Waals surface area contributed by atoms with E-state index in [9.17, 15) is 17.8 Å². The van der Waals surface area contributed by atoms with E-state index in [4.69, 9.17) is 4.74 Å². The van der Waals surface area contributed by atoms with E-state index in [1.807, 2.05) is 12.1 Å². The second-order valence-corrected chi connectivity index (χ2v) is 9.60. The zero-order valence-electron chi connectivity index (χ0n) is 13.7. The van der Waals surface area contributed by atoms with E-state index >= 15 is 0 Å². The quantitative estimate of drug-likeness (QED) is 0.241. The zero-order chi connectivity index (χ0) is 18.9. The minimum Gasteiger partial charge on any atom is -0.423 e. The fraction of sp³-hybridized carbons (Fsp3) is 0.235. The maximum Gasteiger partial charge on any atom is 0.344 e. The summed E-state index contributed by atoms with van der Waals surface area (Å²) in [7, 11) is -4.35. The normalized spacial score (nSPS) is 11.6. The molecule has 134 valence electrons. The average Bonchev–Trinajstić information content (AvgIpc) is 2.47. The van der Waals surface area contributed by atoms with E-state index in [1.165, 1.54) is 12.1 Å². The van der Waals surface area contributed by atoms with Gasteiger partial charge in [0.1, 0.15) is 5.75 Å². The summed E-state index contributed by atoms with van der Waals surface area (Å²) in [6.07, 6.45) is 0. The Morgan fingerprint density at radius 2 is 1.80 bits per heavy atom. The van der Waals surface area contributed by atoms with Crippen LogP contribution in [0.3, 0.4) is 0 Å². The Hall–Kier alpha value is -0.720. The minimum absolute atomic E-state index is 0.163. The van der Waals surface area contributed by atoms with E-state index < -0.39 is 16.1 Å². The molecule has 5 nitrogen and oxygen atoms in total. The van der Waals surface area contributed by atoms with Crippen molar-refractivity contribution < 1.29 is 22.5 Å². The van der Waals surface area contributed by atoms with Gasteiger partial charge in [0.15, 0.2) is 0 Å². The number of rotatable bonds is 4. The van der Waals surface area contributed by atoms with Gasteiger partial charge in [-0.15, -0.1) is 0 Å². The average molecular weight is 586 g/mol. The molecule has 1 N–H and O–H groups in total. The summed E-state index contributed by atoms with van der Waals surface area (Å²) in [5.41, 5.74) is 1.28. The van der Waals surface area contributed by atoms with Gasteiger partial charge in [0.2, 0.25) is 0 Å². The largest absolute Gasteiger partial charge is 0.423 e. The van der Waals surface area contributed by atoms with Crippen molar-refractivity contribution in [1.82, 2.24) is 0 Å². The van der Waals surface area contributed by atoms with E-state index in [0.29, 0.717) is 16.7 Å². The lowest BCUT2D eigenvalue weighted by Gasteiger charge is -2.15. The van der Waals surface area contributed by atoms with Gasteiger partial charge in [-0.2, -0.15) is 8.42 Å². The van der Waals surface area contributed by atoms with E-state index in [0.717, 1.165) is 7.14 Å². The molecule has 0 aliphatic carbocycles. The van der Waals surface area contributed by atoms with Crippen LogP contribution < -0.4 is 4.74 Å². The standard InChI is InChI=1S/C17H16I2O5S/c1-9(2)13-8-15(10(3)6-16(13)25(21,22)23)24-17(20)12-5-4-11(18)7-14(12)19/h4-9H,1-3H3,(H,21,22,23). The number of aryl methyl sites for hydroxylation is 1. The molecule has 0 aromatic heterocycles. The molecule has 0 fully saturated rings. The summed E-state index contributed by atoms with van der Waals surface area (Å²) < 4.78 is 39.9. The third kappa shape index (κ3) is 4.92. The van der Waals surface area contributed by atoms with Crippen LogP contribution in [0.1, 0.15) is 41.3 Å². The number of carbonyl (C=O) groups is 1. The molecule has 8 heteroatoms. The molecule has 2 rings (SSSR count). The monoisotopic (exact) mass is 586 g/mol. The summed E-state index contributed by atoms with van der Waals surface area (Å²) >= 11 is 4.23. The predicted molar refractivity (Wildman–Crippen MR) is 112 cm³/mol. The van der Waals surface area contributed by atoms with Crippen molar-refractivity contribution >= 4 is 61.3 Å². The first-order valence-corrected chi connectivity index (χ1v) is 10.9. The number of hydrogen-bond donors (Lipinski definition) is 1. The van der Waals surface area contributed by atoms with Crippen molar-refractivity contribution in [3.8, 4) is 5.75 Å². The molecular formula is C17H16I2O5S. The minimum atomic E-state index is -4.35. The zero-order valence-corrected chi connectivity index (χ0v) is 18.8. The summed E-state index contributed by atoms with van der Waals surface area (Å²) in [5, 5.41) is 0. The summed E-state index contributed by atoms with van der Waals surface area (Å²) in [5.74, 6) is -0.415. The van der Waals surface area contributed by atoms with Crippen molar-refractivity contribution in [2.75, 3.05) is 0 Å². The Morgan fingerprint density at radius 1 is 1.16 bits per heavy atom. The van der Waals surface area contributed by atoms with Gasteiger partial charge in [-0.25, -0.2) is 4.79 Å². The summed E-state index contributed by atoms with van der Waals surface area (Å²) in [4.78, 5) is 12.3. The number of ether oxygens (including phenoxy) is 1. The lowest BCUT2D eigenvalue weighted by molar-refractivity contribution is 0.0732. The molecule has 0 unspecified atom stereocenters. The number of esters is 1. The van der Waals surface area contributed by atoms with Crippen LogP contribution in [0.4, 0.5) is 0 Å².